The van der Waals surface area contributed by atoms with E-state index in [1.807, 2.05) is 32.6 Å². The van der Waals surface area contributed by atoms with Gasteiger partial charge in [0.05, 0.1) is 6.04 Å². The molecule has 202 valence electrons. The van der Waals surface area contributed by atoms with E-state index in [1.165, 1.54) is 0 Å². The molecule has 0 spiro atoms. The van der Waals surface area contributed by atoms with Gasteiger partial charge < -0.3 is 18.9 Å². The molecule has 1 rings (SSSR count). The van der Waals surface area contributed by atoms with Gasteiger partial charge in [0.25, 0.3) is 0 Å². The SMILES string of the molecule is CCCCN1C[C@H](OC(=O)CCC)[C@@H](OC(=O)CCC)[C@H](OC(=O)CCC)[C@H]1COC(=O)CCC. The molecule has 0 amide bonds. The quantitative estimate of drug-likeness (QED) is 0.230. The Bertz CT molecular complexity index is 668. The minimum atomic E-state index is -0.983. The van der Waals surface area contributed by atoms with E-state index in [1.54, 1.807) is 0 Å². The van der Waals surface area contributed by atoms with Crippen LogP contribution in [0.25, 0.3) is 0 Å². The molecule has 1 aliphatic rings. The van der Waals surface area contributed by atoms with Gasteiger partial charge in [-0.1, -0.05) is 41.0 Å². The molecule has 1 saturated heterocycles. The topological polar surface area (TPSA) is 108 Å². The van der Waals surface area contributed by atoms with Crippen LogP contribution in [0.3, 0.4) is 0 Å². The van der Waals surface area contributed by atoms with Crippen molar-refractivity contribution in [1.29, 1.82) is 0 Å². The van der Waals surface area contributed by atoms with Crippen molar-refractivity contribution in [3.63, 3.8) is 0 Å². The lowest BCUT2D eigenvalue weighted by molar-refractivity contribution is -0.210. The average molecular weight is 500 g/mol. The van der Waals surface area contributed by atoms with Crippen molar-refractivity contribution in [2.75, 3.05) is 19.7 Å². The molecular weight excluding hydrogens is 454 g/mol. The van der Waals surface area contributed by atoms with Crippen LogP contribution in [0.1, 0.15) is 98.8 Å². The van der Waals surface area contributed by atoms with Gasteiger partial charge in [-0.05, 0) is 38.6 Å². The Kier molecular flexibility index (Phi) is 15.3. The second kappa shape index (κ2) is 17.3. The number of esters is 4. The Balaban J connectivity index is 3.36. The summed E-state index contributed by atoms with van der Waals surface area (Å²) in [6.45, 7) is 10.5. The van der Waals surface area contributed by atoms with Crippen molar-refractivity contribution in [3.05, 3.63) is 0 Å². The normalized spacial score (nSPS) is 22.3. The third-order valence-corrected chi connectivity index (χ3v) is 5.80. The van der Waals surface area contributed by atoms with Crippen LogP contribution in [0.5, 0.6) is 0 Å². The van der Waals surface area contributed by atoms with Crippen LogP contribution in [0.4, 0.5) is 0 Å². The number of ether oxygens (including phenoxy) is 4. The van der Waals surface area contributed by atoms with Gasteiger partial charge in [-0.25, -0.2) is 0 Å². The van der Waals surface area contributed by atoms with Crippen molar-refractivity contribution in [3.8, 4) is 0 Å². The number of unbranched alkanes of at least 4 members (excludes halogenated alkanes) is 1. The maximum absolute atomic E-state index is 12.6. The third kappa shape index (κ3) is 11.0. The molecule has 0 aliphatic carbocycles. The van der Waals surface area contributed by atoms with Crippen LogP contribution in [0.2, 0.25) is 0 Å². The highest BCUT2D eigenvalue weighted by atomic mass is 16.6. The molecule has 1 fully saturated rings. The molecule has 1 aliphatic heterocycles. The molecule has 0 bridgehead atoms. The van der Waals surface area contributed by atoms with Gasteiger partial charge in [-0.2, -0.15) is 0 Å². The number of piperidine rings is 1. The van der Waals surface area contributed by atoms with Crippen molar-refractivity contribution in [1.82, 2.24) is 4.90 Å². The molecule has 9 heteroatoms. The van der Waals surface area contributed by atoms with Crippen LogP contribution < -0.4 is 0 Å². The van der Waals surface area contributed by atoms with Gasteiger partial charge in [0.2, 0.25) is 0 Å². The van der Waals surface area contributed by atoms with Crippen molar-refractivity contribution < 1.29 is 38.1 Å². The molecule has 0 unspecified atom stereocenters. The molecule has 0 aromatic heterocycles. The maximum atomic E-state index is 12.6. The van der Waals surface area contributed by atoms with Gasteiger partial charge >= 0.3 is 23.9 Å². The molecule has 0 saturated carbocycles. The largest absolute Gasteiger partial charge is 0.464 e. The zero-order valence-corrected chi connectivity index (χ0v) is 22.2. The Labute approximate surface area is 210 Å². The van der Waals surface area contributed by atoms with Gasteiger partial charge in [-0.3, -0.25) is 24.1 Å². The van der Waals surface area contributed by atoms with E-state index in [2.05, 4.69) is 6.92 Å². The van der Waals surface area contributed by atoms with E-state index < -0.39 is 42.3 Å². The number of hydrogen-bond donors (Lipinski definition) is 0. The van der Waals surface area contributed by atoms with E-state index in [9.17, 15) is 19.2 Å². The van der Waals surface area contributed by atoms with Crippen molar-refractivity contribution >= 4 is 23.9 Å². The predicted molar refractivity (Wildman–Crippen MR) is 131 cm³/mol. The van der Waals surface area contributed by atoms with Crippen LogP contribution in [-0.4, -0.2) is 72.8 Å². The zero-order valence-electron chi connectivity index (χ0n) is 22.2. The van der Waals surface area contributed by atoms with Crippen LogP contribution in [0.15, 0.2) is 0 Å². The Morgan fingerprint density at radius 2 is 1.14 bits per heavy atom. The van der Waals surface area contributed by atoms with Crippen molar-refractivity contribution in [2.45, 2.75) is 123 Å². The van der Waals surface area contributed by atoms with Crippen LogP contribution >= 0.6 is 0 Å². The van der Waals surface area contributed by atoms with Crippen LogP contribution in [0, 0.1) is 0 Å². The van der Waals surface area contributed by atoms with Gasteiger partial charge in [-0.15, -0.1) is 0 Å². The molecular formula is C26H45NO8. The van der Waals surface area contributed by atoms with E-state index in [-0.39, 0.29) is 44.8 Å². The lowest BCUT2D eigenvalue weighted by Gasteiger charge is -2.47. The summed E-state index contributed by atoms with van der Waals surface area (Å²) in [4.78, 5) is 51.8. The fourth-order valence-electron chi connectivity index (χ4n) is 4.04. The lowest BCUT2D eigenvalue weighted by Crippen LogP contribution is -2.65. The smallest absolute Gasteiger partial charge is 0.306 e. The summed E-state index contributed by atoms with van der Waals surface area (Å²) in [5, 5.41) is 0. The second-order valence-electron chi connectivity index (χ2n) is 9.04. The van der Waals surface area contributed by atoms with E-state index >= 15 is 0 Å². The number of likely N-dealkylation sites (tertiary alicyclic amines) is 1. The highest BCUT2D eigenvalue weighted by Gasteiger charge is 2.50. The first-order valence-electron chi connectivity index (χ1n) is 13.3. The van der Waals surface area contributed by atoms with Gasteiger partial charge in [0, 0.05) is 32.2 Å². The Morgan fingerprint density at radius 1 is 0.657 bits per heavy atom. The number of rotatable bonds is 16. The molecule has 0 aromatic carbocycles. The molecule has 0 N–H and O–H groups in total. The van der Waals surface area contributed by atoms with Gasteiger partial charge in [0.1, 0.15) is 6.61 Å². The summed E-state index contributed by atoms with van der Waals surface area (Å²) in [5.74, 6) is -1.61. The maximum Gasteiger partial charge on any atom is 0.306 e. The molecule has 1 heterocycles. The summed E-state index contributed by atoms with van der Waals surface area (Å²) in [6, 6.07) is -0.524. The first-order chi connectivity index (χ1) is 16.8. The van der Waals surface area contributed by atoms with Crippen molar-refractivity contribution in [2.24, 2.45) is 0 Å². The Hall–Kier alpha value is -2.16. The summed E-state index contributed by atoms with van der Waals surface area (Å²) >= 11 is 0. The molecule has 35 heavy (non-hydrogen) atoms. The highest BCUT2D eigenvalue weighted by molar-refractivity contribution is 5.72. The number of carbonyl (C=O) groups is 4. The number of nitrogens with zero attached hydrogens (tertiary/aromatic N) is 1. The fourth-order valence-corrected chi connectivity index (χ4v) is 4.04. The minimum absolute atomic E-state index is 0.00985. The zero-order chi connectivity index (χ0) is 26.2. The molecule has 0 radical (unpaired) electrons. The fraction of sp³-hybridized carbons (Fsp3) is 0.846. The molecule has 9 nitrogen and oxygen atoms in total. The average Bonchev–Trinajstić information content (AvgIpc) is 2.79. The summed E-state index contributed by atoms with van der Waals surface area (Å²) in [5.41, 5.74) is 0. The number of carbonyl (C=O) groups excluding carboxylic acids is 4. The van der Waals surface area contributed by atoms with E-state index in [0.717, 1.165) is 12.8 Å². The lowest BCUT2D eigenvalue weighted by atomic mass is 9.92. The summed E-state index contributed by atoms with van der Waals surface area (Å²) in [6.07, 6.45) is 2.43. The van der Waals surface area contributed by atoms with Gasteiger partial charge in [0.15, 0.2) is 18.3 Å². The Morgan fingerprint density at radius 3 is 1.66 bits per heavy atom. The predicted octanol–water partition coefficient (Wildman–Crippen LogP) is 3.95. The molecule has 0 aromatic rings. The van der Waals surface area contributed by atoms with E-state index in [4.69, 9.17) is 18.9 Å². The van der Waals surface area contributed by atoms with E-state index in [0.29, 0.717) is 32.2 Å². The first-order valence-corrected chi connectivity index (χ1v) is 13.3. The second-order valence-corrected chi connectivity index (χ2v) is 9.04. The van der Waals surface area contributed by atoms with Crippen LogP contribution in [-0.2, 0) is 38.1 Å². The summed E-state index contributed by atoms with van der Waals surface area (Å²) < 4.78 is 23.0. The standard InChI is InChI=1S/C26H45NO8/c1-6-11-16-27-17-20(33-22(29)13-8-3)26(35-24(31)15-10-5)25(34-23(30)14-9-4)19(27)18-32-21(28)12-7-2/h19-20,25-26H,6-18H2,1-5H3/t19-,20+,25-,26-/m1/s1. The molecule has 4 atom stereocenters. The minimum Gasteiger partial charge on any atom is -0.464 e. The summed E-state index contributed by atoms with van der Waals surface area (Å²) in [7, 11) is 0. The monoisotopic (exact) mass is 499 g/mol. The third-order valence-electron chi connectivity index (χ3n) is 5.80. The highest BCUT2D eigenvalue weighted by Crippen LogP contribution is 2.28. The number of hydrogen-bond acceptors (Lipinski definition) is 9. The first kappa shape index (κ1) is 30.9.